The van der Waals surface area contributed by atoms with E-state index in [2.05, 4.69) is 35.2 Å². The highest BCUT2D eigenvalue weighted by molar-refractivity contribution is 6.07. The number of anilines is 1. The molecule has 1 N–H and O–H groups in total. The van der Waals surface area contributed by atoms with Crippen LogP contribution in [0.3, 0.4) is 0 Å². The summed E-state index contributed by atoms with van der Waals surface area (Å²) in [6, 6.07) is 13.1. The van der Waals surface area contributed by atoms with Gasteiger partial charge in [0.1, 0.15) is 5.82 Å². The Balaban J connectivity index is 1.71. The van der Waals surface area contributed by atoms with Crippen LogP contribution in [-0.2, 0) is 4.79 Å². The van der Waals surface area contributed by atoms with Crippen molar-refractivity contribution in [1.82, 2.24) is 0 Å². The second-order valence-electron chi connectivity index (χ2n) is 7.21. The van der Waals surface area contributed by atoms with Crippen molar-refractivity contribution in [3.05, 3.63) is 70.5 Å². The van der Waals surface area contributed by atoms with Crippen LogP contribution in [0, 0.1) is 5.82 Å². The first-order valence-corrected chi connectivity index (χ1v) is 9.32. The molecule has 4 heteroatoms. The van der Waals surface area contributed by atoms with Crippen molar-refractivity contribution < 1.29 is 14.3 Å². The van der Waals surface area contributed by atoms with E-state index in [1.807, 2.05) is 6.92 Å². The number of fused-ring (bicyclic) bond motifs is 1. The molecule has 0 atom stereocenters. The number of carbonyl (C=O) groups is 1. The zero-order valence-corrected chi connectivity index (χ0v) is 15.3. The van der Waals surface area contributed by atoms with Crippen LogP contribution >= 0.6 is 0 Å². The van der Waals surface area contributed by atoms with Gasteiger partial charge < -0.3 is 10.0 Å². The molecule has 0 spiro atoms. The van der Waals surface area contributed by atoms with Gasteiger partial charge in [-0.1, -0.05) is 18.2 Å². The molecule has 4 rings (SSSR count). The number of benzene rings is 2. The molecular formula is C23H22FNO2. The molecule has 2 aromatic carbocycles. The first-order valence-electron chi connectivity index (χ1n) is 9.32. The molecular weight excluding hydrogens is 341 g/mol. The van der Waals surface area contributed by atoms with Crippen LogP contribution in [0.25, 0.3) is 17.2 Å². The van der Waals surface area contributed by atoms with Gasteiger partial charge in [-0.15, -0.1) is 0 Å². The lowest BCUT2D eigenvalue weighted by Gasteiger charge is -2.17. The number of carboxylic acids is 1. The Morgan fingerprint density at radius 3 is 2.48 bits per heavy atom. The van der Waals surface area contributed by atoms with Crippen LogP contribution in [0.5, 0.6) is 0 Å². The molecule has 1 saturated heterocycles. The van der Waals surface area contributed by atoms with E-state index < -0.39 is 5.97 Å². The summed E-state index contributed by atoms with van der Waals surface area (Å²) in [5.41, 5.74) is 6.44. The second kappa shape index (κ2) is 7.03. The molecule has 0 saturated carbocycles. The summed E-state index contributed by atoms with van der Waals surface area (Å²) >= 11 is 0. The van der Waals surface area contributed by atoms with Crippen LogP contribution in [0.15, 0.2) is 48.0 Å². The predicted octanol–water partition coefficient (Wildman–Crippen LogP) is 5.23. The quantitative estimate of drug-likeness (QED) is 0.809. The number of rotatable bonds is 4. The Morgan fingerprint density at radius 1 is 1.11 bits per heavy atom. The number of hydrogen-bond acceptors (Lipinski definition) is 2. The topological polar surface area (TPSA) is 40.5 Å². The van der Waals surface area contributed by atoms with Crippen molar-refractivity contribution in [3.8, 4) is 0 Å². The Bertz CT molecular complexity index is 951. The first kappa shape index (κ1) is 17.5. The Labute approximate surface area is 158 Å². The van der Waals surface area contributed by atoms with Crippen molar-refractivity contribution in [2.24, 2.45) is 0 Å². The SMILES string of the molecule is CC1=C(CC(=O)O)c2cc(F)ccc2C1=Cc1ccc(N2CCCC2)cc1. The highest BCUT2D eigenvalue weighted by Gasteiger charge is 2.25. The van der Waals surface area contributed by atoms with Gasteiger partial charge in [-0.2, -0.15) is 0 Å². The van der Waals surface area contributed by atoms with Crippen LogP contribution in [0.4, 0.5) is 10.1 Å². The third-order valence-electron chi connectivity index (χ3n) is 5.46. The summed E-state index contributed by atoms with van der Waals surface area (Å²) in [6.45, 7) is 4.14. The lowest BCUT2D eigenvalue weighted by molar-refractivity contribution is -0.135. The van der Waals surface area contributed by atoms with E-state index in [1.54, 1.807) is 6.07 Å². The van der Waals surface area contributed by atoms with Crippen molar-refractivity contribution in [2.45, 2.75) is 26.2 Å². The first-order chi connectivity index (χ1) is 13.0. The molecule has 0 bridgehead atoms. The fourth-order valence-electron chi connectivity index (χ4n) is 4.06. The lowest BCUT2D eigenvalue weighted by Crippen LogP contribution is -2.17. The highest BCUT2D eigenvalue weighted by Crippen LogP contribution is 2.43. The van der Waals surface area contributed by atoms with Crippen LogP contribution in [-0.4, -0.2) is 24.2 Å². The zero-order valence-electron chi connectivity index (χ0n) is 15.3. The number of hydrogen-bond donors (Lipinski definition) is 1. The molecule has 1 aliphatic carbocycles. The van der Waals surface area contributed by atoms with Crippen molar-refractivity contribution in [1.29, 1.82) is 0 Å². The second-order valence-corrected chi connectivity index (χ2v) is 7.21. The van der Waals surface area contributed by atoms with Gasteiger partial charge in [-0.05, 0) is 83.5 Å². The van der Waals surface area contributed by atoms with E-state index in [9.17, 15) is 14.3 Å². The van der Waals surface area contributed by atoms with Crippen LogP contribution in [0.1, 0.15) is 42.9 Å². The van der Waals surface area contributed by atoms with Gasteiger partial charge in [0.2, 0.25) is 0 Å². The number of nitrogens with zero attached hydrogens (tertiary/aromatic N) is 1. The molecule has 3 nitrogen and oxygen atoms in total. The third kappa shape index (κ3) is 3.39. The van der Waals surface area contributed by atoms with E-state index >= 15 is 0 Å². The van der Waals surface area contributed by atoms with E-state index in [1.165, 1.54) is 30.7 Å². The summed E-state index contributed by atoms with van der Waals surface area (Å²) in [5, 5.41) is 9.24. The van der Waals surface area contributed by atoms with Gasteiger partial charge in [0.05, 0.1) is 6.42 Å². The number of aliphatic carboxylic acids is 1. The Kier molecular flexibility index (Phi) is 4.56. The van der Waals surface area contributed by atoms with E-state index in [0.717, 1.165) is 35.4 Å². The molecule has 0 aromatic heterocycles. The maximum atomic E-state index is 13.8. The summed E-state index contributed by atoms with van der Waals surface area (Å²) in [5.74, 6) is -1.25. The molecule has 138 valence electrons. The fourth-order valence-corrected chi connectivity index (χ4v) is 4.06. The summed E-state index contributed by atoms with van der Waals surface area (Å²) in [4.78, 5) is 13.7. The van der Waals surface area contributed by atoms with E-state index in [4.69, 9.17) is 0 Å². The van der Waals surface area contributed by atoms with Crippen molar-refractivity contribution >= 4 is 28.9 Å². The lowest BCUT2D eigenvalue weighted by atomic mass is 10.0. The Hall–Kier alpha value is -2.88. The summed E-state index contributed by atoms with van der Waals surface area (Å²) < 4.78 is 13.8. The number of carboxylic acid groups (broad SMARTS) is 1. The predicted molar refractivity (Wildman–Crippen MR) is 107 cm³/mol. The van der Waals surface area contributed by atoms with Crippen molar-refractivity contribution in [3.63, 3.8) is 0 Å². The molecule has 1 fully saturated rings. The van der Waals surface area contributed by atoms with Gasteiger partial charge >= 0.3 is 5.97 Å². The molecule has 1 aliphatic heterocycles. The minimum atomic E-state index is -0.907. The third-order valence-corrected chi connectivity index (χ3v) is 5.46. The minimum absolute atomic E-state index is 0.104. The molecule has 2 aliphatic rings. The van der Waals surface area contributed by atoms with Crippen molar-refractivity contribution in [2.75, 3.05) is 18.0 Å². The molecule has 0 unspecified atom stereocenters. The van der Waals surface area contributed by atoms with Gasteiger partial charge in [0, 0.05) is 18.8 Å². The largest absolute Gasteiger partial charge is 0.481 e. The minimum Gasteiger partial charge on any atom is -0.481 e. The molecule has 1 heterocycles. The highest BCUT2D eigenvalue weighted by atomic mass is 19.1. The molecule has 27 heavy (non-hydrogen) atoms. The molecule has 0 amide bonds. The summed E-state index contributed by atoms with van der Waals surface area (Å²) in [6.07, 6.45) is 4.45. The smallest absolute Gasteiger partial charge is 0.307 e. The monoisotopic (exact) mass is 363 g/mol. The Morgan fingerprint density at radius 2 is 1.81 bits per heavy atom. The normalized spacial score (nSPS) is 17.7. The maximum Gasteiger partial charge on any atom is 0.307 e. The van der Waals surface area contributed by atoms with Gasteiger partial charge in [0.15, 0.2) is 0 Å². The van der Waals surface area contributed by atoms with Gasteiger partial charge in [0.25, 0.3) is 0 Å². The number of allylic oxidation sites excluding steroid dienone is 2. The molecule has 0 radical (unpaired) electrons. The van der Waals surface area contributed by atoms with Crippen LogP contribution < -0.4 is 4.90 Å². The van der Waals surface area contributed by atoms with E-state index in [0.29, 0.717) is 11.1 Å². The number of halogens is 1. The zero-order chi connectivity index (χ0) is 19.0. The standard InChI is InChI=1S/C23H22FNO2/c1-15-20(12-16-4-7-18(8-5-16)25-10-2-3-11-25)19-9-6-17(24)13-22(19)21(15)14-23(26)27/h4-9,12-13H,2-3,10-11,14H2,1H3,(H,26,27). The maximum absolute atomic E-state index is 13.8. The average Bonchev–Trinajstić information content (AvgIpc) is 3.26. The van der Waals surface area contributed by atoms with E-state index in [-0.39, 0.29) is 12.2 Å². The fraction of sp³-hybridized carbons (Fsp3) is 0.261. The van der Waals surface area contributed by atoms with Crippen LogP contribution in [0.2, 0.25) is 0 Å². The van der Waals surface area contributed by atoms with Gasteiger partial charge in [-0.25, -0.2) is 4.39 Å². The van der Waals surface area contributed by atoms with Gasteiger partial charge in [-0.3, -0.25) is 4.79 Å². The average molecular weight is 363 g/mol. The molecule has 2 aromatic rings. The summed E-state index contributed by atoms with van der Waals surface area (Å²) in [7, 11) is 0.